The number of imidazole rings is 1. The highest BCUT2D eigenvalue weighted by Gasteiger charge is 2.28. The van der Waals surface area contributed by atoms with E-state index in [4.69, 9.17) is 5.84 Å². The molecule has 2 unspecified atom stereocenters. The van der Waals surface area contributed by atoms with Crippen molar-refractivity contribution in [1.82, 2.24) is 19.5 Å². The molecule has 7 heteroatoms. The van der Waals surface area contributed by atoms with Crippen molar-refractivity contribution in [1.29, 1.82) is 0 Å². The highest BCUT2D eigenvalue weighted by Crippen LogP contribution is 2.32. The van der Waals surface area contributed by atoms with Crippen molar-refractivity contribution < 1.29 is 5.11 Å². The smallest absolute Gasteiger partial charge is 0.171 e. The van der Waals surface area contributed by atoms with Gasteiger partial charge in [0.15, 0.2) is 17.0 Å². The third kappa shape index (κ3) is 1.55. The van der Waals surface area contributed by atoms with Gasteiger partial charge in [0.1, 0.15) is 6.33 Å². The summed E-state index contributed by atoms with van der Waals surface area (Å²) >= 11 is 0. The van der Waals surface area contributed by atoms with Crippen molar-refractivity contribution in [3.05, 3.63) is 12.7 Å². The minimum absolute atomic E-state index is 0.0560. The van der Waals surface area contributed by atoms with E-state index in [9.17, 15) is 5.11 Å². The second-order valence-electron chi connectivity index (χ2n) is 4.26. The normalized spacial score (nSPS) is 24.4. The lowest BCUT2D eigenvalue weighted by molar-refractivity contribution is 0.138. The zero-order chi connectivity index (χ0) is 11.8. The maximum atomic E-state index is 9.91. The van der Waals surface area contributed by atoms with Crippen molar-refractivity contribution in [3.8, 4) is 0 Å². The number of aliphatic hydroxyl groups is 1. The van der Waals surface area contributed by atoms with Crippen molar-refractivity contribution >= 4 is 17.0 Å². The first-order valence-corrected chi connectivity index (χ1v) is 5.63. The van der Waals surface area contributed by atoms with E-state index in [2.05, 4.69) is 20.4 Å². The number of hydrazine groups is 1. The Hall–Kier alpha value is -1.73. The number of nitrogens with two attached hydrogens (primary N) is 1. The summed E-state index contributed by atoms with van der Waals surface area (Å²) in [6.07, 6.45) is 5.62. The van der Waals surface area contributed by atoms with Crippen LogP contribution in [0.3, 0.4) is 0 Å². The van der Waals surface area contributed by atoms with Gasteiger partial charge in [0.25, 0.3) is 0 Å². The van der Waals surface area contributed by atoms with Crippen LogP contribution in [0.25, 0.3) is 11.2 Å². The lowest BCUT2D eigenvalue weighted by atomic mass is 10.2. The summed E-state index contributed by atoms with van der Waals surface area (Å²) in [5, 5.41) is 9.91. The highest BCUT2D eigenvalue weighted by molar-refractivity contribution is 5.82. The Labute approximate surface area is 97.7 Å². The van der Waals surface area contributed by atoms with Crippen LogP contribution in [0.5, 0.6) is 0 Å². The van der Waals surface area contributed by atoms with Gasteiger partial charge in [0.05, 0.1) is 18.5 Å². The van der Waals surface area contributed by atoms with E-state index in [0.717, 1.165) is 19.3 Å². The molecule has 3 rings (SSSR count). The monoisotopic (exact) mass is 234 g/mol. The first-order chi connectivity index (χ1) is 8.31. The molecule has 1 saturated carbocycles. The van der Waals surface area contributed by atoms with E-state index in [1.165, 1.54) is 6.33 Å². The molecule has 1 aliphatic carbocycles. The van der Waals surface area contributed by atoms with Gasteiger partial charge >= 0.3 is 0 Å². The molecule has 0 bridgehead atoms. The molecule has 0 amide bonds. The van der Waals surface area contributed by atoms with Crippen LogP contribution < -0.4 is 11.3 Å². The van der Waals surface area contributed by atoms with Crippen molar-refractivity contribution in [3.63, 3.8) is 0 Å². The Morgan fingerprint density at radius 1 is 1.35 bits per heavy atom. The number of nitrogens with one attached hydrogen (secondary N) is 1. The number of hydrogen-bond acceptors (Lipinski definition) is 6. The molecule has 2 atom stereocenters. The number of anilines is 1. The maximum Gasteiger partial charge on any atom is 0.171 e. The van der Waals surface area contributed by atoms with E-state index < -0.39 is 0 Å². The van der Waals surface area contributed by atoms with E-state index in [1.54, 1.807) is 6.33 Å². The molecule has 2 aromatic heterocycles. The molecule has 0 aromatic carbocycles. The van der Waals surface area contributed by atoms with Gasteiger partial charge in [-0.05, 0) is 19.3 Å². The summed E-state index contributed by atoms with van der Waals surface area (Å²) in [6, 6.07) is 0.0560. The topological polar surface area (TPSA) is 102 Å². The SMILES string of the molecule is NNc1ncnc2c1ncn2C1CCCC1O. The van der Waals surface area contributed by atoms with Gasteiger partial charge in [-0.25, -0.2) is 20.8 Å². The first kappa shape index (κ1) is 10.4. The summed E-state index contributed by atoms with van der Waals surface area (Å²) < 4.78 is 1.91. The lowest BCUT2D eigenvalue weighted by Crippen LogP contribution is -2.18. The molecule has 0 saturated heterocycles. The van der Waals surface area contributed by atoms with Gasteiger partial charge < -0.3 is 15.1 Å². The molecule has 17 heavy (non-hydrogen) atoms. The number of aromatic nitrogens is 4. The van der Waals surface area contributed by atoms with Crippen LogP contribution in [-0.4, -0.2) is 30.7 Å². The van der Waals surface area contributed by atoms with Gasteiger partial charge in [-0.1, -0.05) is 0 Å². The van der Waals surface area contributed by atoms with Gasteiger partial charge in [-0.3, -0.25) is 0 Å². The first-order valence-electron chi connectivity index (χ1n) is 5.63. The number of hydrogen-bond donors (Lipinski definition) is 3. The summed E-state index contributed by atoms with van der Waals surface area (Å²) in [5.74, 6) is 5.87. The van der Waals surface area contributed by atoms with Crippen molar-refractivity contribution in [2.45, 2.75) is 31.4 Å². The van der Waals surface area contributed by atoms with E-state index in [1.807, 2.05) is 4.57 Å². The van der Waals surface area contributed by atoms with E-state index >= 15 is 0 Å². The Balaban J connectivity index is 2.12. The summed E-state index contributed by atoms with van der Waals surface area (Å²) in [5.41, 5.74) is 3.84. The Kier molecular flexibility index (Phi) is 2.41. The van der Waals surface area contributed by atoms with E-state index in [0.29, 0.717) is 17.0 Å². The zero-order valence-corrected chi connectivity index (χ0v) is 9.24. The van der Waals surface area contributed by atoms with Gasteiger partial charge in [0, 0.05) is 0 Å². The lowest BCUT2D eigenvalue weighted by Gasteiger charge is -2.16. The average Bonchev–Trinajstić information content (AvgIpc) is 2.94. The molecule has 90 valence electrons. The average molecular weight is 234 g/mol. The van der Waals surface area contributed by atoms with Gasteiger partial charge in [-0.2, -0.15) is 0 Å². The molecule has 2 heterocycles. The molecular formula is C10H14N6O. The van der Waals surface area contributed by atoms with Crippen LogP contribution in [0.15, 0.2) is 12.7 Å². The van der Waals surface area contributed by atoms with Crippen LogP contribution in [-0.2, 0) is 0 Å². The van der Waals surface area contributed by atoms with Crippen molar-refractivity contribution in [2.24, 2.45) is 5.84 Å². The summed E-state index contributed by atoms with van der Waals surface area (Å²) in [7, 11) is 0. The Bertz CT molecular complexity index is 539. The fraction of sp³-hybridized carbons (Fsp3) is 0.500. The fourth-order valence-electron chi connectivity index (χ4n) is 2.45. The standard InChI is InChI=1S/C10H14N6O/c11-15-9-8-10(13-4-12-9)16(5-14-8)6-2-1-3-7(6)17/h4-7,17H,1-3,11H2,(H,12,13,15). The summed E-state index contributed by atoms with van der Waals surface area (Å²) in [4.78, 5) is 12.5. The van der Waals surface area contributed by atoms with Gasteiger partial charge in [0.2, 0.25) is 0 Å². The van der Waals surface area contributed by atoms with E-state index in [-0.39, 0.29) is 12.1 Å². The van der Waals surface area contributed by atoms with Crippen LogP contribution in [0, 0.1) is 0 Å². The maximum absolute atomic E-state index is 9.91. The molecular weight excluding hydrogens is 220 g/mol. The second kappa shape index (κ2) is 3.94. The molecule has 1 fully saturated rings. The number of nitrogens with zero attached hydrogens (tertiary/aromatic N) is 4. The molecule has 4 N–H and O–H groups in total. The third-order valence-electron chi connectivity index (χ3n) is 3.30. The van der Waals surface area contributed by atoms with Crippen LogP contribution in [0.4, 0.5) is 5.82 Å². The van der Waals surface area contributed by atoms with Crippen LogP contribution in [0.2, 0.25) is 0 Å². The predicted molar refractivity (Wildman–Crippen MR) is 62.0 cm³/mol. The van der Waals surface area contributed by atoms with Crippen LogP contribution >= 0.6 is 0 Å². The molecule has 0 aliphatic heterocycles. The molecule has 7 nitrogen and oxygen atoms in total. The minimum atomic E-state index is -0.323. The second-order valence-corrected chi connectivity index (χ2v) is 4.26. The largest absolute Gasteiger partial charge is 0.391 e. The number of rotatable bonds is 2. The Morgan fingerprint density at radius 2 is 2.24 bits per heavy atom. The predicted octanol–water partition coefficient (Wildman–Crippen LogP) is 0.198. The van der Waals surface area contributed by atoms with Crippen LogP contribution in [0.1, 0.15) is 25.3 Å². The zero-order valence-electron chi connectivity index (χ0n) is 9.24. The minimum Gasteiger partial charge on any atom is -0.391 e. The Morgan fingerprint density at radius 3 is 2.94 bits per heavy atom. The summed E-state index contributed by atoms with van der Waals surface area (Å²) in [6.45, 7) is 0. The number of fused-ring (bicyclic) bond motifs is 1. The number of aliphatic hydroxyl groups excluding tert-OH is 1. The highest BCUT2D eigenvalue weighted by atomic mass is 16.3. The fourth-order valence-corrected chi connectivity index (χ4v) is 2.45. The van der Waals surface area contributed by atoms with Crippen molar-refractivity contribution in [2.75, 3.05) is 5.43 Å². The molecule has 0 radical (unpaired) electrons. The third-order valence-corrected chi connectivity index (χ3v) is 3.30. The molecule has 1 aliphatic rings. The molecule has 2 aromatic rings. The number of nitrogen functional groups attached to an aromatic ring is 1. The quantitative estimate of drug-likeness (QED) is 0.506. The van der Waals surface area contributed by atoms with Gasteiger partial charge in [-0.15, -0.1) is 0 Å². The molecule has 0 spiro atoms.